The van der Waals surface area contributed by atoms with Gasteiger partial charge in [-0.3, -0.25) is 0 Å². The van der Waals surface area contributed by atoms with Gasteiger partial charge in [0.2, 0.25) is 0 Å². The molecule has 0 atom stereocenters. The zero-order valence-electron chi connectivity index (χ0n) is 7.40. The molecule has 1 aromatic carbocycles. The highest BCUT2D eigenvalue weighted by atomic mass is 32.1. The molecule has 3 heteroatoms. The molecular weight excluding hydrogens is 180 g/mol. The average molecular weight is 190 g/mol. The minimum absolute atomic E-state index is 0.658. The molecule has 1 aliphatic heterocycles. The van der Waals surface area contributed by atoms with Crippen LogP contribution >= 0.6 is 12.2 Å². The van der Waals surface area contributed by atoms with Crippen LogP contribution in [0.3, 0.4) is 0 Å². The van der Waals surface area contributed by atoms with E-state index in [0.717, 1.165) is 12.2 Å². The molecule has 0 saturated heterocycles. The Kier molecular flexibility index (Phi) is 2.10. The van der Waals surface area contributed by atoms with Gasteiger partial charge in [-0.2, -0.15) is 0 Å². The van der Waals surface area contributed by atoms with Gasteiger partial charge in [0.25, 0.3) is 0 Å². The van der Waals surface area contributed by atoms with Crippen LogP contribution in [0.2, 0.25) is 0 Å². The molecule has 0 N–H and O–H groups in total. The molecule has 0 bridgehead atoms. The van der Waals surface area contributed by atoms with Gasteiger partial charge in [-0.25, -0.2) is 4.99 Å². The molecule has 0 aliphatic carbocycles. The number of rotatable bonds is 1. The Morgan fingerprint density at radius 3 is 2.92 bits per heavy atom. The predicted octanol–water partition coefficient (Wildman–Crippen LogP) is 2.17. The lowest BCUT2D eigenvalue weighted by Crippen LogP contribution is -2.23. The van der Waals surface area contributed by atoms with Gasteiger partial charge in [0, 0.05) is 11.9 Å². The van der Waals surface area contributed by atoms with E-state index in [1.807, 2.05) is 23.2 Å². The molecule has 13 heavy (non-hydrogen) atoms. The van der Waals surface area contributed by atoms with E-state index in [1.165, 1.54) is 5.56 Å². The normalized spacial score (nSPS) is 15.5. The lowest BCUT2D eigenvalue weighted by atomic mass is 10.2. The van der Waals surface area contributed by atoms with Crippen molar-refractivity contribution in [2.24, 2.45) is 4.99 Å². The second-order valence-electron chi connectivity index (χ2n) is 3.04. The van der Waals surface area contributed by atoms with Gasteiger partial charge in [0.05, 0.1) is 6.54 Å². The molecule has 2 nitrogen and oxygen atoms in total. The van der Waals surface area contributed by atoms with Crippen molar-refractivity contribution < 1.29 is 0 Å². The molecule has 1 aliphatic rings. The molecule has 2 rings (SSSR count). The van der Waals surface area contributed by atoms with E-state index >= 15 is 0 Å². The summed E-state index contributed by atoms with van der Waals surface area (Å²) in [7, 11) is 0. The summed E-state index contributed by atoms with van der Waals surface area (Å²) in [5, 5.41) is 0.658. The fourth-order valence-corrected chi connectivity index (χ4v) is 1.61. The van der Waals surface area contributed by atoms with Crippen LogP contribution in [0, 0.1) is 6.92 Å². The average Bonchev–Trinajstić information content (AvgIpc) is 2.51. The van der Waals surface area contributed by atoms with Gasteiger partial charge < -0.3 is 4.90 Å². The highest BCUT2D eigenvalue weighted by molar-refractivity contribution is 7.80. The number of hydrogen-bond donors (Lipinski definition) is 0. The Morgan fingerprint density at radius 2 is 2.31 bits per heavy atom. The molecule has 0 unspecified atom stereocenters. The highest BCUT2D eigenvalue weighted by Gasteiger charge is 2.13. The Labute approximate surface area is 82.9 Å². The van der Waals surface area contributed by atoms with Crippen molar-refractivity contribution in [2.45, 2.75) is 6.92 Å². The Bertz CT molecular complexity index is 371. The summed E-state index contributed by atoms with van der Waals surface area (Å²) in [6.07, 6.45) is 1.84. The van der Waals surface area contributed by atoms with Gasteiger partial charge in [0.1, 0.15) is 0 Å². The van der Waals surface area contributed by atoms with Crippen LogP contribution < -0.4 is 4.90 Å². The number of nitrogens with zero attached hydrogens (tertiary/aromatic N) is 2. The van der Waals surface area contributed by atoms with Gasteiger partial charge in [0.15, 0.2) is 5.11 Å². The van der Waals surface area contributed by atoms with Crippen molar-refractivity contribution >= 4 is 29.2 Å². The number of aryl methyl sites for hydroxylation is 1. The minimum Gasteiger partial charge on any atom is -0.312 e. The first-order valence-electron chi connectivity index (χ1n) is 4.18. The summed E-state index contributed by atoms with van der Waals surface area (Å²) in [6.45, 7) is 2.87. The van der Waals surface area contributed by atoms with Crippen molar-refractivity contribution in [2.75, 3.05) is 11.4 Å². The molecule has 0 aromatic heterocycles. The second kappa shape index (κ2) is 3.26. The van der Waals surface area contributed by atoms with Crippen molar-refractivity contribution in [3.63, 3.8) is 0 Å². The largest absolute Gasteiger partial charge is 0.312 e. The summed E-state index contributed by atoms with van der Waals surface area (Å²) in [5.74, 6) is 0. The van der Waals surface area contributed by atoms with Crippen LogP contribution in [0.1, 0.15) is 5.56 Å². The molecule has 0 saturated carbocycles. The van der Waals surface area contributed by atoms with Gasteiger partial charge >= 0.3 is 0 Å². The topological polar surface area (TPSA) is 15.6 Å². The van der Waals surface area contributed by atoms with E-state index in [-0.39, 0.29) is 0 Å². The summed E-state index contributed by atoms with van der Waals surface area (Å²) in [4.78, 5) is 6.07. The van der Waals surface area contributed by atoms with Crippen LogP contribution in [0.5, 0.6) is 0 Å². The fraction of sp³-hybridized carbons (Fsp3) is 0.200. The zero-order valence-corrected chi connectivity index (χ0v) is 8.21. The number of thiocarbonyl (C=S) groups is 1. The minimum atomic E-state index is 0.658. The van der Waals surface area contributed by atoms with Gasteiger partial charge in [-0.1, -0.05) is 12.1 Å². The maximum absolute atomic E-state index is 5.09. The lowest BCUT2D eigenvalue weighted by Gasteiger charge is -2.16. The standard InChI is InChI=1S/C10H10N2S/c1-8-3-2-4-9(7-8)12-6-5-11-10(12)13/h2-5,7H,6H2,1H3. The van der Waals surface area contributed by atoms with E-state index in [4.69, 9.17) is 12.2 Å². The fourth-order valence-electron chi connectivity index (χ4n) is 1.36. The first kappa shape index (κ1) is 8.38. The van der Waals surface area contributed by atoms with Crippen LogP contribution in [0.25, 0.3) is 0 Å². The molecule has 0 fully saturated rings. The third-order valence-electron chi connectivity index (χ3n) is 2.01. The van der Waals surface area contributed by atoms with E-state index in [9.17, 15) is 0 Å². The molecule has 0 spiro atoms. The quantitative estimate of drug-likeness (QED) is 0.631. The summed E-state index contributed by atoms with van der Waals surface area (Å²) >= 11 is 5.09. The Balaban J connectivity index is 2.31. The first-order valence-corrected chi connectivity index (χ1v) is 4.59. The SMILES string of the molecule is Cc1cccc(N2CC=NC2=S)c1. The van der Waals surface area contributed by atoms with Crippen LogP contribution in [-0.4, -0.2) is 17.9 Å². The van der Waals surface area contributed by atoms with E-state index in [1.54, 1.807) is 0 Å². The Morgan fingerprint density at radius 1 is 1.46 bits per heavy atom. The zero-order chi connectivity index (χ0) is 9.26. The van der Waals surface area contributed by atoms with E-state index in [2.05, 4.69) is 24.0 Å². The number of hydrogen-bond acceptors (Lipinski definition) is 1. The number of benzene rings is 1. The van der Waals surface area contributed by atoms with Crippen molar-refractivity contribution in [3.8, 4) is 0 Å². The van der Waals surface area contributed by atoms with Crippen molar-refractivity contribution in [1.29, 1.82) is 0 Å². The molecule has 0 radical (unpaired) electrons. The molecular formula is C10H10N2S. The summed E-state index contributed by atoms with van der Waals surface area (Å²) < 4.78 is 0. The first-order chi connectivity index (χ1) is 6.27. The van der Waals surface area contributed by atoms with Crippen LogP contribution in [-0.2, 0) is 0 Å². The van der Waals surface area contributed by atoms with Crippen molar-refractivity contribution in [3.05, 3.63) is 29.8 Å². The Hall–Kier alpha value is -1.22. The van der Waals surface area contributed by atoms with Crippen molar-refractivity contribution in [1.82, 2.24) is 0 Å². The molecule has 0 amide bonds. The lowest BCUT2D eigenvalue weighted by molar-refractivity contribution is 1.23. The monoisotopic (exact) mass is 190 g/mol. The van der Waals surface area contributed by atoms with Gasteiger partial charge in [-0.05, 0) is 36.8 Å². The maximum Gasteiger partial charge on any atom is 0.199 e. The van der Waals surface area contributed by atoms with Gasteiger partial charge in [-0.15, -0.1) is 0 Å². The molecule has 66 valence electrons. The smallest absolute Gasteiger partial charge is 0.199 e. The number of aliphatic imine (C=N–C) groups is 1. The number of anilines is 1. The van der Waals surface area contributed by atoms with Crippen LogP contribution in [0.4, 0.5) is 5.69 Å². The molecule has 1 aromatic rings. The molecule has 1 heterocycles. The van der Waals surface area contributed by atoms with E-state index < -0.39 is 0 Å². The third kappa shape index (κ3) is 1.60. The predicted molar refractivity (Wildman–Crippen MR) is 59.6 cm³/mol. The van der Waals surface area contributed by atoms with Crippen LogP contribution in [0.15, 0.2) is 29.3 Å². The summed E-state index contributed by atoms with van der Waals surface area (Å²) in [6, 6.07) is 8.27. The summed E-state index contributed by atoms with van der Waals surface area (Å²) in [5.41, 5.74) is 2.37. The third-order valence-corrected chi connectivity index (χ3v) is 2.34. The second-order valence-corrected chi connectivity index (χ2v) is 3.41. The highest BCUT2D eigenvalue weighted by Crippen LogP contribution is 2.18. The maximum atomic E-state index is 5.09. The van der Waals surface area contributed by atoms with E-state index in [0.29, 0.717) is 5.11 Å².